The Labute approximate surface area is 140 Å². The fourth-order valence-electron chi connectivity index (χ4n) is 2.52. The van der Waals surface area contributed by atoms with Crippen LogP contribution in [0.15, 0.2) is 18.2 Å². The lowest BCUT2D eigenvalue weighted by Gasteiger charge is -2.28. The zero-order valence-electron chi connectivity index (χ0n) is 13.1. The standard InChI is InChI=1S/C16H22ClN3O3/c1-11(19-16(23)20-7-3-2-4-8-20)10-18-12-5-6-14(17)13(9-12)15(21)22/h5-6,9,11,18H,2-4,7-8,10H2,1H3,(H,19,23)(H,21,22). The number of rotatable bonds is 5. The summed E-state index contributed by atoms with van der Waals surface area (Å²) in [6.45, 7) is 4.03. The second-order valence-electron chi connectivity index (χ2n) is 5.78. The number of hydrogen-bond acceptors (Lipinski definition) is 3. The number of anilines is 1. The van der Waals surface area contributed by atoms with Crippen molar-refractivity contribution in [1.29, 1.82) is 0 Å². The first kappa shape index (κ1) is 17.4. The number of nitrogens with one attached hydrogen (secondary N) is 2. The molecule has 0 bridgehead atoms. The minimum atomic E-state index is -1.06. The van der Waals surface area contributed by atoms with Gasteiger partial charge in [-0.05, 0) is 44.4 Å². The average Bonchev–Trinajstić information content (AvgIpc) is 2.54. The molecule has 7 heteroatoms. The Morgan fingerprint density at radius 2 is 2.00 bits per heavy atom. The molecule has 126 valence electrons. The molecule has 0 radical (unpaired) electrons. The van der Waals surface area contributed by atoms with Crippen molar-refractivity contribution in [3.05, 3.63) is 28.8 Å². The van der Waals surface area contributed by atoms with Gasteiger partial charge in [0.05, 0.1) is 10.6 Å². The molecule has 3 N–H and O–H groups in total. The molecule has 1 unspecified atom stereocenters. The third-order valence-corrected chi connectivity index (χ3v) is 4.15. The molecular formula is C16H22ClN3O3. The average molecular weight is 340 g/mol. The van der Waals surface area contributed by atoms with Crippen LogP contribution < -0.4 is 10.6 Å². The van der Waals surface area contributed by atoms with Gasteiger partial charge in [0.1, 0.15) is 0 Å². The summed E-state index contributed by atoms with van der Waals surface area (Å²) in [5, 5.41) is 15.3. The van der Waals surface area contributed by atoms with Crippen LogP contribution in [0.3, 0.4) is 0 Å². The van der Waals surface area contributed by atoms with E-state index in [0.29, 0.717) is 12.2 Å². The van der Waals surface area contributed by atoms with Gasteiger partial charge in [-0.15, -0.1) is 0 Å². The molecule has 6 nitrogen and oxygen atoms in total. The Bertz CT molecular complexity index is 574. The van der Waals surface area contributed by atoms with E-state index in [9.17, 15) is 9.59 Å². The summed E-state index contributed by atoms with van der Waals surface area (Å²) in [4.78, 5) is 25.0. The first-order valence-electron chi connectivity index (χ1n) is 7.79. The minimum absolute atomic E-state index is 0.0404. The van der Waals surface area contributed by atoms with E-state index < -0.39 is 5.97 Å². The monoisotopic (exact) mass is 339 g/mol. The second-order valence-corrected chi connectivity index (χ2v) is 6.19. The van der Waals surface area contributed by atoms with E-state index in [0.717, 1.165) is 25.9 Å². The lowest BCUT2D eigenvalue weighted by molar-refractivity contribution is 0.0697. The molecule has 0 saturated carbocycles. The van der Waals surface area contributed by atoms with Crippen LogP contribution in [0.4, 0.5) is 10.5 Å². The number of halogens is 1. The van der Waals surface area contributed by atoms with Crippen molar-refractivity contribution in [2.75, 3.05) is 25.0 Å². The van der Waals surface area contributed by atoms with E-state index >= 15 is 0 Å². The fraction of sp³-hybridized carbons (Fsp3) is 0.500. The van der Waals surface area contributed by atoms with Gasteiger partial charge >= 0.3 is 12.0 Å². The van der Waals surface area contributed by atoms with E-state index in [2.05, 4.69) is 10.6 Å². The second kappa shape index (κ2) is 8.06. The largest absolute Gasteiger partial charge is 0.478 e. The number of urea groups is 1. The Kier molecular flexibility index (Phi) is 6.10. The number of aromatic carboxylic acids is 1. The van der Waals surface area contributed by atoms with Crippen molar-refractivity contribution >= 4 is 29.3 Å². The van der Waals surface area contributed by atoms with E-state index in [-0.39, 0.29) is 22.7 Å². The molecule has 1 heterocycles. The summed E-state index contributed by atoms with van der Waals surface area (Å²) in [5.74, 6) is -1.06. The topological polar surface area (TPSA) is 81.7 Å². The SMILES string of the molecule is CC(CNc1ccc(Cl)c(C(=O)O)c1)NC(=O)N1CCCCC1. The minimum Gasteiger partial charge on any atom is -0.478 e. The number of piperidine rings is 1. The molecule has 1 saturated heterocycles. The number of amides is 2. The van der Waals surface area contributed by atoms with Crippen molar-refractivity contribution in [1.82, 2.24) is 10.2 Å². The van der Waals surface area contributed by atoms with Gasteiger partial charge in [0.15, 0.2) is 0 Å². The number of likely N-dealkylation sites (tertiary alicyclic amines) is 1. The maximum Gasteiger partial charge on any atom is 0.337 e. The Morgan fingerprint density at radius 3 is 2.65 bits per heavy atom. The molecule has 0 aromatic heterocycles. The van der Waals surface area contributed by atoms with E-state index in [4.69, 9.17) is 16.7 Å². The van der Waals surface area contributed by atoms with Crippen molar-refractivity contribution in [3.63, 3.8) is 0 Å². The predicted octanol–water partition coefficient (Wildman–Crippen LogP) is 3.03. The van der Waals surface area contributed by atoms with E-state index in [1.807, 2.05) is 11.8 Å². The quantitative estimate of drug-likeness (QED) is 0.770. The molecule has 1 aromatic carbocycles. The molecule has 1 aliphatic rings. The van der Waals surface area contributed by atoms with Crippen molar-refractivity contribution in [2.45, 2.75) is 32.2 Å². The number of benzene rings is 1. The smallest absolute Gasteiger partial charge is 0.337 e. The van der Waals surface area contributed by atoms with Gasteiger partial charge < -0.3 is 20.6 Å². The summed E-state index contributed by atoms with van der Waals surface area (Å²) in [6.07, 6.45) is 3.30. The lowest BCUT2D eigenvalue weighted by Crippen LogP contribution is -2.47. The highest BCUT2D eigenvalue weighted by molar-refractivity contribution is 6.33. The van der Waals surface area contributed by atoms with Crippen LogP contribution in [0.2, 0.25) is 5.02 Å². The van der Waals surface area contributed by atoms with Crippen molar-refractivity contribution in [3.8, 4) is 0 Å². The van der Waals surface area contributed by atoms with Gasteiger partial charge in [-0.2, -0.15) is 0 Å². The molecule has 1 fully saturated rings. The molecule has 0 spiro atoms. The number of nitrogens with zero attached hydrogens (tertiary/aromatic N) is 1. The zero-order valence-corrected chi connectivity index (χ0v) is 13.9. The molecule has 1 atom stereocenters. The fourth-order valence-corrected chi connectivity index (χ4v) is 2.72. The van der Waals surface area contributed by atoms with E-state index in [1.54, 1.807) is 12.1 Å². The number of carboxylic acids is 1. The number of carboxylic acid groups (broad SMARTS) is 1. The van der Waals surface area contributed by atoms with Gasteiger partial charge in [-0.1, -0.05) is 11.6 Å². The third kappa shape index (κ3) is 5.03. The summed E-state index contributed by atoms with van der Waals surface area (Å²) < 4.78 is 0. The van der Waals surface area contributed by atoms with Crippen molar-refractivity contribution in [2.24, 2.45) is 0 Å². The number of hydrogen-bond donors (Lipinski definition) is 3. The van der Waals surface area contributed by atoms with Gasteiger partial charge in [-0.3, -0.25) is 0 Å². The molecular weight excluding hydrogens is 318 g/mol. The van der Waals surface area contributed by atoms with Crippen molar-refractivity contribution < 1.29 is 14.7 Å². The molecule has 0 aliphatic carbocycles. The first-order valence-corrected chi connectivity index (χ1v) is 8.17. The van der Waals surface area contributed by atoms with Gasteiger partial charge in [-0.25, -0.2) is 9.59 Å². The molecule has 23 heavy (non-hydrogen) atoms. The number of carbonyl (C=O) groups is 2. The van der Waals surface area contributed by atoms with Crippen LogP contribution in [0, 0.1) is 0 Å². The van der Waals surface area contributed by atoms with Gasteiger partial charge in [0.2, 0.25) is 0 Å². The highest BCUT2D eigenvalue weighted by atomic mass is 35.5. The van der Waals surface area contributed by atoms with Gasteiger partial charge in [0.25, 0.3) is 0 Å². The summed E-state index contributed by atoms with van der Waals surface area (Å²) in [6, 6.07) is 4.64. The van der Waals surface area contributed by atoms with Gasteiger partial charge in [0, 0.05) is 31.4 Å². The summed E-state index contributed by atoms with van der Waals surface area (Å²) in [7, 11) is 0. The first-order chi connectivity index (χ1) is 11.0. The molecule has 2 rings (SSSR count). The third-order valence-electron chi connectivity index (χ3n) is 3.82. The highest BCUT2D eigenvalue weighted by Crippen LogP contribution is 2.20. The maximum absolute atomic E-state index is 12.1. The Hall–Kier alpha value is -1.95. The van der Waals surface area contributed by atoms with Crippen LogP contribution in [0.1, 0.15) is 36.5 Å². The van der Waals surface area contributed by atoms with Crippen LogP contribution >= 0.6 is 11.6 Å². The highest BCUT2D eigenvalue weighted by Gasteiger charge is 2.18. The van der Waals surface area contributed by atoms with Crippen LogP contribution in [0.25, 0.3) is 0 Å². The molecule has 1 aliphatic heterocycles. The molecule has 1 aromatic rings. The summed E-state index contributed by atoms with van der Waals surface area (Å²) >= 11 is 5.84. The van der Waals surface area contributed by atoms with Crippen LogP contribution in [0.5, 0.6) is 0 Å². The van der Waals surface area contributed by atoms with Crippen LogP contribution in [-0.2, 0) is 0 Å². The number of carbonyl (C=O) groups excluding carboxylic acids is 1. The normalized spacial score (nSPS) is 15.8. The zero-order chi connectivity index (χ0) is 16.8. The van der Waals surface area contributed by atoms with E-state index in [1.165, 1.54) is 12.5 Å². The maximum atomic E-state index is 12.1. The lowest BCUT2D eigenvalue weighted by atomic mass is 10.1. The summed E-state index contributed by atoms with van der Waals surface area (Å²) in [5.41, 5.74) is 0.715. The van der Waals surface area contributed by atoms with Crippen LogP contribution in [-0.4, -0.2) is 47.7 Å². The molecule has 2 amide bonds. The predicted molar refractivity (Wildman–Crippen MR) is 90.3 cm³/mol. The Balaban J connectivity index is 1.84. The Morgan fingerprint density at radius 1 is 1.30 bits per heavy atom.